The summed E-state index contributed by atoms with van der Waals surface area (Å²) >= 11 is 2.01. The number of rotatable bonds is 3. The van der Waals surface area contributed by atoms with Gasteiger partial charge in [-0.15, -0.1) is 0 Å². The lowest BCUT2D eigenvalue weighted by Crippen LogP contribution is -2.29. The fourth-order valence-corrected chi connectivity index (χ4v) is 2.34. The van der Waals surface area contributed by atoms with Gasteiger partial charge in [-0.25, -0.2) is 0 Å². The van der Waals surface area contributed by atoms with Crippen molar-refractivity contribution in [3.63, 3.8) is 0 Å². The molecule has 0 aliphatic heterocycles. The molecule has 0 fully saturated rings. The Morgan fingerprint density at radius 1 is 1.14 bits per heavy atom. The predicted octanol–water partition coefficient (Wildman–Crippen LogP) is 3.54. The number of hydrogen-bond acceptors (Lipinski definition) is 3. The molecule has 1 atom stereocenters. The van der Waals surface area contributed by atoms with E-state index < -0.39 is 0 Å². The lowest BCUT2D eigenvalue weighted by Gasteiger charge is -2.25. The van der Waals surface area contributed by atoms with Gasteiger partial charge in [0.05, 0.1) is 9.61 Å². The number of phenols is 2. The molecule has 0 bridgehead atoms. The molecule has 21 heavy (non-hydrogen) atoms. The number of carbonyl (C=O) groups excluding carboxylic acids is 1. The highest BCUT2D eigenvalue weighted by molar-refractivity contribution is 14.1. The standard InChI is InChI=1S/C16H16INO3/c1-10(11-3-6-13(19)7-4-11)18(2)16(21)12-5-8-14(17)15(20)9-12/h3-10,19-20H,1-2H3. The Labute approximate surface area is 137 Å². The number of phenolic OH excluding ortho intramolecular Hbond substituents is 2. The smallest absolute Gasteiger partial charge is 0.254 e. The molecule has 2 rings (SSSR count). The van der Waals surface area contributed by atoms with Crippen LogP contribution < -0.4 is 0 Å². The maximum absolute atomic E-state index is 12.5. The maximum Gasteiger partial charge on any atom is 0.254 e. The molecule has 0 radical (unpaired) electrons. The average Bonchev–Trinajstić information content (AvgIpc) is 2.48. The summed E-state index contributed by atoms with van der Waals surface area (Å²) in [5, 5.41) is 19.0. The molecule has 0 spiro atoms. The lowest BCUT2D eigenvalue weighted by molar-refractivity contribution is 0.0742. The molecule has 0 aliphatic carbocycles. The molecule has 0 heterocycles. The highest BCUT2D eigenvalue weighted by Gasteiger charge is 2.19. The van der Waals surface area contributed by atoms with Gasteiger partial charge in [-0.1, -0.05) is 12.1 Å². The second-order valence-electron chi connectivity index (χ2n) is 4.85. The monoisotopic (exact) mass is 397 g/mol. The Morgan fingerprint density at radius 2 is 1.76 bits per heavy atom. The van der Waals surface area contributed by atoms with Crippen molar-refractivity contribution in [3.8, 4) is 11.5 Å². The van der Waals surface area contributed by atoms with Gasteiger partial charge < -0.3 is 15.1 Å². The Balaban J connectivity index is 2.21. The van der Waals surface area contributed by atoms with Crippen LogP contribution >= 0.6 is 22.6 Å². The zero-order valence-electron chi connectivity index (χ0n) is 11.7. The first-order valence-corrected chi connectivity index (χ1v) is 7.52. The number of nitrogens with zero attached hydrogens (tertiary/aromatic N) is 1. The minimum atomic E-state index is -0.165. The normalized spacial score (nSPS) is 12.0. The Kier molecular flexibility index (Phi) is 4.72. The van der Waals surface area contributed by atoms with Crippen molar-refractivity contribution in [1.29, 1.82) is 0 Å². The summed E-state index contributed by atoms with van der Waals surface area (Å²) in [7, 11) is 1.72. The summed E-state index contributed by atoms with van der Waals surface area (Å²) < 4.78 is 0.707. The highest BCUT2D eigenvalue weighted by atomic mass is 127. The third-order valence-electron chi connectivity index (χ3n) is 3.47. The molecule has 1 unspecified atom stereocenters. The number of amides is 1. The van der Waals surface area contributed by atoms with E-state index in [9.17, 15) is 15.0 Å². The van der Waals surface area contributed by atoms with Crippen molar-refractivity contribution >= 4 is 28.5 Å². The molecule has 0 saturated heterocycles. The molecule has 1 amide bonds. The second-order valence-corrected chi connectivity index (χ2v) is 6.01. The molecule has 2 N–H and O–H groups in total. The van der Waals surface area contributed by atoms with E-state index in [2.05, 4.69) is 0 Å². The average molecular weight is 397 g/mol. The summed E-state index contributed by atoms with van der Waals surface area (Å²) in [6.07, 6.45) is 0. The molecule has 110 valence electrons. The lowest BCUT2D eigenvalue weighted by atomic mass is 10.1. The molecule has 2 aromatic carbocycles. The molecule has 5 heteroatoms. The highest BCUT2D eigenvalue weighted by Crippen LogP contribution is 2.25. The van der Waals surface area contributed by atoms with Gasteiger partial charge >= 0.3 is 0 Å². The Morgan fingerprint density at radius 3 is 2.33 bits per heavy atom. The third-order valence-corrected chi connectivity index (χ3v) is 4.38. The Bertz CT molecular complexity index is 655. The number of benzene rings is 2. The minimum Gasteiger partial charge on any atom is -0.508 e. The van der Waals surface area contributed by atoms with Crippen LogP contribution in [0, 0.1) is 3.57 Å². The number of carbonyl (C=O) groups is 1. The molecule has 4 nitrogen and oxygen atoms in total. The van der Waals surface area contributed by atoms with Crippen LogP contribution in [0.2, 0.25) is 0 Å². The van der Waals surface area contributed by atoms with E-state index in [1.807, 2.05) is 29.5 Å². The molecular formula is C16H16INO3. The van der Waals surface area contributed by atoms with Crippen molar-refractivity contribution in [1.82, 2.24) is 4.90 Å². The quantitative estimate of drug-likeness (QED) is 0.780. The first-order valence-electron chi connectivity index (χ1n) is 6.44. The van der Waals surface area contributed by atoms with E-state index in [1.165, 1.54) is 6.07 Å². The first-order chi connectivity index (χ1) is 9.90. The topological polar surface area (TPSA) is 60.8 Å². The van der Waals surface area contributed by atoms with Gasteiger partial charge in [0, 0.05) is 12.6 Å². The van der Waals surface area contributed by atoms with E-state index in [0.29, 0.717) is 9.13 Å². The van der Waals surface area contributed by atoms with Crippen molar-refractivity contribution in [2.45, 2.75) is 13.0 Å². The molecular weight excluding hydrogens is 381 g/mol. The predicted molar refractivity (Wildman–Crippen MR) is 89.4 cm³/mol. The largest absolute Gasteiger partial charge is 0.508 e. The molecule has 0 aliphatic rings. The zero-order valence-corrected chi connectivity index (χ0v) is 13.9. The van der Waals surface area contributed by atoms with Crippen LogP contribution in [-0.2, 0) is 0 Å². The molecule has 2 aromatic rings. The summed E-state index contributed by atoms with van der Waals surface area (Å²) in [5.74, 6) is 0.136. The zero-order chi connectivity index (χ0) is 15.6. The van der Waals surface area contributed by atoms with Crippen LogP contribution in [0.1, 0.15) is 28.9 Å². The van der Waals surface area contributed by atoms with Crippen molar-refractivity contribution in [3.05, 3.63) is 57.2 Å². The van der Waals surface area contributed by atoms with Crippen molar-refractivity contribution in [2.75, 3.05) is 7.05 Å². The number of hydrogen-bond donors (Lipinski definition) is 2. The fourth-order valence-electron chi connectivity index (χ4n) is 2.00. The summed E-state index contributed by atoms with van der Waals surface area (Å²) in [5.41, 5.74) is 1.37. The maximum atomic E-state index is 12.5. The molecule has 0 saturated carbocycles. The first kappa shape index (κ1) is 15.6. The summed E-state index contributed by atoms with van der Waals surface area (Å²) in [6.45, 7) is 1.91. The van der Waals surface area contributed by atoms with E-state index >= 15 is 0 Å². The van der Waals surface area contributed by atoms with Crippen LogP contribution in [-0.4, -0.2) is 28.1 Å². The van der Waals surface area contributed by atoms with Crippen LogP contribution in [0.5, 0.6) is 11.5 Å². The van der Waals surface area contributed by atoms with Gasteiger partial charge in [0.25, 0.3) is 5.91 Å². The van der Waals surface area contributed by atoms with Crippen molar-refractivity contribution in [2.24, 2.45) is 0 Å². The van der Waals surface area contributed by atoms with E-state index in [1.54, 1.807) is 48.3 Å². The SMILES string of the molecule is CC(c1ccc(O)cc1)N(C)C(=O)c1ccc(I)c(O)c1. The number of halogens is 1. The van der Waals surface area contributed by atoms with Gasteiger partial charge in [-0.2, -0.15) is 0 Å². The Hall–Kier alpha value is -1.76. The van der Waals surface area contributed by atoms with Gasteiger partial charge in [0.15, 0.2) is 0 Å². The van der Waals surface area contributed by atoms with Gasteiger partial charge in [-0.05, 0) is 65.4 Å². The van der Waals surface area contributed by atoms with Crippen LogP contribution in [0.25, 0.3) is 0 Å². The third kappa shape index (κ3) is 3.47. The second kappa shape index (κ2) is 6.34. The van der Waals surface area contributed by atoms with E-state index in [-0.39, 0.29) is 23.4 Å². The molecule has 0 aromatic heterocycles. The van der Waals surface area contributed by atoms with Crippen molar-refractivity contribution < 1.29 is 15.0 Å². The van der Waals surface area contributed by atoms with Gasteiger partial charge in [0.1, 0.15) is 11.5 Å². The van der Waals surface area contributed by atoms with Gasteiger partial charge in [0.2, 0.25) is 0 Å². The minimum absolute atomic E-state index is 0.104. The fraction of sp³-hybridized carbons (Fsp3) is 0.188. The van der Waals surface area contributed by atoms with Gasteiger partial charge in [-0.3, -0.25) is 4.79 Å². The van der Waals surface area contributed by atoms with Crippen LogP contribution in [0.3, 0.4) is 0 Å². The number of aromatic hydroxyl groups is 2. The van der Waals surface area contributed by atoms with E-state index in [4.69, 9.17) is 0 Å². The summed E-state index contributed by atoms with van der Waals surface area (Å²) in [4.78, 5) is 14.1. The van der Waals surface area contributed by atoms with Crippen LogP contribution in [0.4, 0.5) is 0 Å². The van der Waals surface area contributed by atoms with E-state index in [0.717, 1.165) is 5.56 Å². The summed E-state index contributed by atoms with van der Waals surface area (Å²) in [6, 6.07) is 11.5. The van der Waals surface area contributed by atoms with Crippen LogP contribution in [0.15, 0.2) is 42.5 Å².